The number of thioether (sulfide) groups is 1. The van der Waals surface area contributed by atoms with Gasteiger partial charge in [-0.05, 0) is 73.7 Å². The Kier molecular flexibility index (Phi) is 5.90. The van der Waals surface area contributed by atoms with Crippen molar-refractivity contribution in [2.24, 2.45) is 0 Å². The van der Waals surface area contributed by atoms with Crippen LogP contribution in [0.2, 0.25) is 0 Å². The maximum atomic E-state index is 12.7. The van der Waals surface area contributed by atoms with Crippen LogP contribution >= 0.6 is 11.8 Å². The van der Waals surface area contributed by atoms with Gasteiger partial charge in [-0.3, -0.25) is 9.10 Å². The zero-order chi connectivity index (χ0) is 22.2. The first-order valence-electron chi connectivity index (χ1n) is 9.90. The van der Waals surface area contributed by atoms with Gasteiger partial charge in [0, 0.05) is 17.7 Å². The van der Waals surface area contributed by atoms with E-state index in [-0.39, 0.29) is 11.5 Å². The number of carbonyl (C=O) groups excluding carboxylic acids is 1. The molecule has 0 spiro atoms. The van der Waals surface area contributed by atoms with E-state index < -0.39 is 10.0 Å². The van der Waals surface area contributed by atoms with Gasteiger partial charge in [-0.2, -0.15) is 0 Å². The van der Waals surface area contributed by atoms with Gasteiger partial charge in [0.2, 0.25) is 15.9 Å². The maximum Gasteiger partial charge on any atom is 0.277 e. The van der Waals surface area contributed by atoms with E-state index in [4.69, 9.17) is 4.42 Å². The lowest BCUT2D eigenvalue weighted by atomic mass is 9.99. The quantitative estimate of drug-likeness (QED) is 0.407. The Morgan fingerprint density at radius 3 is 2.68 bits per heavy atom. The highest BCUT2D eigenvalue weighted by Crippen LogP contribution is 2.31. The summed E-state index contributed by atoms with van der Waals surface area (Å²) < 4.78 is 31.1. The van der Waals surface area contributed by atoms with Crippen LogP contribution in [0.5, 0.6) is 0 Å². The van der Waals surface area contributed by atoms with Crippen molar-refractivity contribution in [1.29, 1.82) is 0 Å². The van der Waals surface area contributed by atoms with Gasteiger partial charge in [-0.25, -0.2) is 8.42 Å². The molecule has 2 heterocycles. The molecule has 0 fully saturated rings. The van der Waals surface area contributed by atoms with Gasteiger partial charge in [-0.15, -0.1) is 10.2 Å². The molecule has 7 nitrogen and oxygen atoms in total. The molecule has 31 heavy (non-hydrogen) atoms. The summed E-state index contributed by atoms with van der Waals surface area (Å²) in [6.07, 6.45) is 2.68. The van der Waals surface area contributed by atoms with Gasteiger partial charge in [0.15, 0.2) is 5.78 Å². The average Bonchev–Trinajstić information content (AvgIpc) is 3.21. The van der Waals surface area contributed by atoms with Crippen LogP contribution in [-0.2, 0) is 16.4 Å². The Labute approximate surface area is 185 Å². The number of carbonyl (C=O) groups is 1. The summed E-state index contributed by atoms with van der Waals surface area (Å²) in [5.41, 5.74) is 5.26. The molecule has 162 valence electrons. The first-order valence-corrected chi connectivity index (χ1v) is 12.7. The Morgan fingerprint density at radius 2 is 1.94 bits per heavy atom. The lowest BCUT2D eigenvalue weighted by Gasteiger charge is -2.29. The van der Waals surface area contributed by atoms with Crippen LogP contribution in [0, 0.1) is 13.8 Å². The topological polar surface area (TPSA) is 93.4 Å². The van der Waals surface area contributed by atoms with Crippen molar-refractivity contribution in [2.75, 3.05) is 22.9 Å². The number of hydrogen-bond acceptors (Lipinski definition) is 7. The van der Waals surface area contributed by atoms with Crippen molar-refractivity contribution in [3.63, 3.8) is 0 Å². The fourth-order valence-corrected chi connectivity index (χ4v) is 5.20. The predicted octanol–water partition coefficient (Wildman–Crippen LogP) is 4.04. The molecule has 4 rings (SSSR count). The van der Waals surface area contributed by atoms with Gasteiger partial charge in [-0.1, -0.05) is 17.8 Å². The predicted molar refractivity (Wildman–Crippen MR) is 121 cm³/mol. The number of anilines is 1. The van der Waals surface area contributed by atoms with E-state index in [1.165, 1.54) is 27.9 Å². The summed E-state index contributed by atoms with van der Waals surface area (Å²) in [6, 6.07) is 11.1. The van der Waals surface area contributed by atoms with E-state index >= 15 is 0 Å². The lowest BCUT2D eigenvalue weighted by molar-refractivity contribution is 0.102. The number of fused-ring (bicyclic) bond motifs is 1. The second-order valence-corrected chi connectivity index (χ2v) is 10.5. The number of aryl methyl sites for hydroxylation is 3. The summed E-state index contributed by atoms with van der Waals surface area (Å²) >= 11 is 1.19. The van der Waals surface area contributed by atoms with E-state index in [0.717, 1.165) is 29.5 Å². The van der Waals surface area contributed by atoms with Gasteiger partial charge in [0.1, 0.15) is 0 Å². The molecule has 0 amide bonds. The fourth-order valence-electron chi connectivity index (χ4n) is 3.55. The minimum atomic E-state index is -3.33. The standard InChI is InChI=1S/C22H23N3O4S2/c1-14-6-7-18(11-15(14)2)21-23-24-22(29-21)30-13-20(26)17-8-9-19-16(12-17)5-4-10-25(19)31(3,27)28/h6-9,11-12H,4-5,10,13H2,1-3H3. The van der Waals surface area contributed by atoms with Crippen molar-refractivity contribution in [1.82, 2.24) is 10.2 Å². The maximum absolute atomic E-state index is 12.7. The molecular weight excluding hydrogens is 434 g/mol. The number of sulfonamides is 1. The summed E-state index contributed by atoms with van der Waals surface area (Å²) in [4.78, 5) is 12.7. The van der Waals surface area contributed by atoms with Gasteiger partial charge < -0.3 is 4.42 Å². The number of nitrogens with zero attached hydrogens (tertiary/aromatic N) is 3. The molecule has 0 N–H and O–H groups in total. The first-order chi connectivity index (χ1) is 14.7. The van der Waals surface area contributed by atoms with Crippen molar-refractivity contribution >= 4 is 33.3 Å². The number of ketones is 1. The molecule has 0 unspecified atom stereocenters. The van der Waals surface area contributed by atoms with Crippen molar-refractivity contribution in [2.45, 2.75) is 31.9 Å². The molecule has 0 aliphatic carbocycles. The molecule has 3 aromatic rings. The van der Waals surface area contributed by atoms with Gasteiger partial charge in [0.05, 0.1) is 17.7 Å². The smallest absolute Gasteiger partial charge is 0.277 e. The number of rotatable bonds is 6. The normalized spacial score (nSPS) is 13.8. The average molecular weight is 458 g/mol. The highest BCUT2D eigenvalue weighted by molar-refractivity contribution is 7.99. The van der Waals surface area contributed by atoms with E-state index in [0.29, 0.717) is 28.9 Å². The number of aromatic nitrogens is 2. The Bertz CT molecular complexity index is 1250. The van der Waals surface area contributed by atoms with Gasteiger partial charge >= 0.3 is 0 Å². The van der Waals surface area contributed by atoms with E-state index in [9.17, 15) is 13.2 Å². The van der Waals surface area contributed by atoms with Crippen molar-refractivity contribution in [3.8, 4) is 11.5 Å². The van der Waals surface area contributed by atoms with E-state index in [2.05, 4.69) is 10.2 Å². The summed E-state index contributed by atoms with van der Waals surface area (Å²) in [5, 5.41) is 8.46. The molecule has 1 aliphatic rings. The van der Waals surface area contributed by atoms with Crippen LogP contribution in [-0.4, -0.2) is 43.0 Å². The van der Waals surface area contributed by atoms with Gasteiger partial charge in [0.25, 0.3) is 5.22 Å². The first kappa shape index (κ1) is 21.6. The largest absolute Gasteiger partial charge is 0.411 e. The summed E-state index contributed by atoms with van der Waals surface area (Å²) in [6.45, 7) is 4.53. The van der Waals surface area contributed by atoms with Crippen molar-refractivity contribution in [3.05, 3.63) is 58.7 Å². The fraction of sp³-hybridized carbons (Fsp3) is 0.318. The molecule has 2 aromatic carbocycles. The van der Waals surface area contributed by atoms with Crippen LogP contribution in [0.4, 0.5) is 5.69 Å². The zero-order valence-electron chi connectivity index (χ0n) is 17.6. The third-order valence-electron chi connectivity index (χ3n) is 5.36. The van der Waals surface area contributed by atoms with Crippen LogP contribution in [0.25, 0.3) is 11.5 Å². The number of hydrogen-bond donors (Lipinski definition) is 0. The Hall–Kier alpha value is -2.65. The molecule has 0 saturated carbocycles. The highest BCUT2D eigenvalue weighted by Gasteiger charge is 2.24. The Morgan fingerprint density at radius 1 is 1.13 bits per heavy atom. The molecule has 0 radical (unpaired) electrons. The highest BCUT2D eigenvalue weighted by atomic mass is 32.2. The number of benzene rings is 2. The molecule has 1 aromatic heterocycles. The van der Waals surface area contributed by atoms with E-state index in [1.54, 1.807) is 18.2 Å². The second kappa shape index (κ2) is 8.47. The molecule has 9 heteroatoms. The van der Waals surface area contributed by atoms with E-state index in [1.807, 2.05) is 32.0 Å². The number of Topliss-reactive ketones (excluding diaryl/α,β-unsaturated/α-hetero) is 1. The Balaban J connectivity index is 1.45. The zero-order valence-corrected chi connectivity index (χ0v) is 19.2. The molecular formula is C22H23N3O4S2. The van der Waals surface area contributed by atoms with Crippen LogP contribution in [0.15, 0.2) is 46.0 Å². The second-order valence-electron chi connectivity index (χ2n) is 7.67. The minimum Gasteiger partial charge on any atom is -0.411 e. The SMILES string of the molecule is Cc1ccc(-c2nnc(SCC(=O)c3ccc4c(c3)CCCN4S(C)(=O)=O)o2)cc1C. The lowest BCUT2D eigenvalue weighted by Crippen LogP contribution is -2.34. The third kappa shape index (κ3) is 4.67. The van der Waals surface area contributed by atoms with Crippen LogP contribution in [0.3, 0.4) is 0 Å². The summed E-state index contributed by atoms with van der Waals surface area (Å²) in [7, 11) is -3.33. The monoisotopic (exact) mass is 457 g/mol. The minimum absolute atomic E-state index is 0.0739. The third-order valence-corrected chi connectivity index (χ3v) is 7.36. The molecule has 0 atom stereocenters. The van der Waals surface area contributed by atoms with Crippen LogP contribution in [0.1, 0.15) is 33.5 Å². The molecule has 1 aliphatic heterocycles. The molecule has 0 saturated heterocycles. The molecule has 0 bridgehead atoms. The summed E-state index contributed by atoms with van der Waals surface area (Å²) in [5.74, 6) is 0.506. The van der Waals surface area contributed by atoms with Crippen LogP contribution < -0.4 is 4.31 Å². The van der Waals surface area contributed by atoms with Crippen molar-refractivity contribution < 1.29 is 17.6 Å².